The van der Waals surface area contributed by atoms with Crippen LogP contribution in [0.2, 0.25) is 5.02 Å². The zero-order valence-electron chi connectivity index (χ0n) is 8.21. The Morgan fingerprint density at radius 1 is 1.69 bits per heavy atom. The van der Waals surface area contributed by atoms with E-state index in [0.29, 0.717) is 10.6 Å². The molecular formula is C11H9BrClNO2. The van der Waals surface area contributed by atoms with Crippen LogP contribution < -0.4 is 5.32 Å². The minimum atomic E-state index is -1.02. The van der Waals surface area contributed by atoms with E-state index in [4.69, 9.17) is 23.1 Å². The van der Waals surface area contributed by atoms with Gasteiger partial charge in [-0.15, -0.1) is 6.42 Å². The molecule has 0 saturated heterocycles. The Labute approximate surface area is 107 Å². The second kappa shape index (κ2) is 5.90. The lowest BCUT2D eigenvalue weighted by Crippen LogP contribution is -2.29. The van der Waals surface area contributed by atoms with Crippen molar-refractivity contribution in [1.29, 1.82) is 0 Å². The van der Waals surface area contributed by atoms with Crippen molar-refractivity contribution in [2.24, 2.45) is 0 Å². The fraction of sp³-hybridized carbons (Fsp3) is 0.182. The van der Waals surface area contributed by atoms with Crippen molar-refractivity contribution in [3.63, 3.8) is 0 Å². The summed E-state index contributed by atoms with van der Waals surface area (Å²) in [6.07, 6.45) is 5.08. The summed E-state index contributed by atoms with van der Waals surface area (Å²) in [6, 6.07) is 4.13. The van der Waals surface area contributed by atoms with Crippen molar-refractivity contribution in [3.05, 3.63) is 33.3 Å². The molecule has 5 heteroatoms. The predicted molar refractivity (Wildman–Crippen MR) is 66.4 cm³/mol. The third-order valence-corrected chi connectivity index (χ3v) is 2.76. The Kier molecular flexibility index (Phi) is 4.81. The molecule has 0 aliphatic rings. The summed E-state index contributed by atoms with van der Waals surface area (Å²) in [7, 11) is 0. The quantitative estimate of drug-likeness (QED) is 0.840. The molecule has 1 aromatic carbocycles. The lowest BCUT2D eigenvalue weighted by atomic mass is 10.1. The van der Waals surface area contributed by atoms with Gasteiger partial charge in [-0.25, -0.2) is 0 Å². The molecule has 0 heterocycles. The minimum absolute atomic E-state index is 0.166. The number of carboxylic acids is 1. The van der Waals surface area contributed by atoms with Gasteiger partial charge in [-0.1, -0.05) is 33.5 Å². The van der Waals surface area contributed by atoms with Crippen molar-refractivity contribution in [2.75, 3.05) is 6.54 Å². The summed E-state index contributed by atoms with van der Waals surface area (Å²) in [5.41, 5.74) is 0.485. The molecule has 0 aromatic heterocycles. The van der Waals surface area contributed by atoms with Crippen molar-refractivity contribution in [1.82, 2.24) is 5.32 Å². The summed E-state index contributed by atoms with van der Waals surface area (Å²) in [4.78, 5) is 11.1. The van der Waals surface area contributed by atoms with Gasteiger partial charge in [0.15, 0.2) is 0 Å². The maximum absolute atomic E-state index is 11.1. The number of aliphatic carboxylic acids is 1. The van der Waals surface area contributed by atoms with E-state index < -0.39 is 12.0 Å². The molecule has 0 fully saturated rings. The molecule has 0 amide bonds. The average molecular weight is 303 g/mol. The normalized spacial score (nSPS) is 11.8. The molecular weight excluding hydrogens is 293 g/mol. The van der Waals surface area contributed by atoms with Crippen LogP contribution in [-0.4, -0.2) is 17.6 Å². The topological polar surface area (TPSA) is 49.3 Å². The Balaban J connectivity index is 3.06. The second-order valence-electron chi connectivity index (χ2n) is 3.02. The van der Waals surface area contributed by atoms with Gasteiger partial charge in [0, 0.05) is 15.1 Å². The maximum atomic E-state index is 11.1. The molecule has 84 valence electrons. The number of terminal acetylenes is 1. The SMILES string of the molecule is C#CCNC(C(=O)O)c1cc(Br)ccc1Cl. The third-order valence-electron chi connectivity index (χ3n) is 1.92. The van der Waals surface area contributed by atoms with Crippen molar-refractivity contribution < 1.29 is 9.90 Å². The van der Waals surface area contributed by atoms with E-state index in [-0.39, 0.29) is 6.54 Å². The Morgan fingerprint density at radius 3 is 2.94 bits per heavy atom. The predicted octanol–water partition coefficient (Wildman–Crippen LogP) is 2.45. The highest BCUT2D eigenvalue weighted by molar-refractivity contribution is 9.10. The third kappa shape index (κ3) is 3.24. The molecule has 1 atom stereocenters. The molecule has 1 aromatic rings. The fourth-order valence-electron chi connectivity index (χ4n) is 1.23. The van der Waals surface area contributed by atoms with E-state index in [1.807, 2.05) is 0 Å². The molecule has 0 saturated carbocycles. The van der Waals surface area contributed by atoms with Crippen molar-refractivity contribution in [3.8, 4) is 12.3 Å². The van der Waals surface area contributed by atoms with Gasteiger partial charge in [0.1, 0.15) is 6.04 Å². The number of nitrogens with one attached hydrogen (secondary N) is 1. The van der Waals surface area contributed by atoms with Crippen LogP contribution in [0.3, 0.4) is 0 Å². The van der Waals surface area contributed by atoms with Gasteiger partial charge in [-0.2, -0.15) is 0 Å². The standard InChI is InChI=1S/C11H9BrClNO2/c1-2-5-14-10(11(15)16)8-6-7(12)3-4-9(8)13/h1,3-4,6,10,14H,5H2,(H,15,16). The molecule has 0 spiro atoms. The maximum Gasteiger partial charge on any atom is 0.325 e. The number of carboxylic acid groups (broad SMARTS) is 1. The number of halogens is 2. The average Bonchev–Trinajstić information content (AvgIpc) is 2.23. The Morgan fingerprint density at radius 2 is 2.38 bits per heavy atom. The van der Waals surface area contributed by atoms with E-state index in [1.165, 1.54) is 0 Å². The van der Waals surface area contributed by atoms with Crippen molar-refractivity contribution in [2.45, 2.75) is 6.04 Å². The van der Waals surface area contributed by atoms with Crippen LogP contribution in [0.15, 0.2) is 22.7 Å². The summed E-state index contributed by atoms with van der Waals surface area (Å²) in [6.45, 7) is 0.166. The first-order chi connectivity index (χ1) is 7.56. The van der Waals surface area contributed by atoms with Gasteiger partial charge < -0.3 is 5.11 Å². The number of benzene rings is 1. The first-order valence-corrected chi connectivity index (χ1v) is 5.58. The monoisotopic (exact) mass is 301 g/mol. The summed E-state index contributed by atoms with van der Waals surface area (Å²) >= 11 is 9.20. The molecule has 2 N–H and O–H groups in total. The van der Waals surface area contributed by atoms with Crippen LogP contribution in [0.1, 0.15) is 11.6 Å². The number of rotatable bonds is 4. The van der Waals surface area contributed by atoms with Crippen LogP contribution in [0, 0.1) is 12.3 Å². The molecule has 0 radical (unpaired) electrons. The minimum Gasteiger partial charge on any atom is -0.480 e. The smallest absolute Gasteiger partial charge is 0.325 e. The van der Waals surface area contributed by atoms with E-state index in [9.17, 15) is 4.79 Å². The fourth-order valence-corrected chi connectivity index (χ4v) is 1.83. The number of hydrogen-bond acceptors (Lipinski definition) is 2. The van der Waals surface area contributed by atoms with Crippen LogP contribution in [0.25, 0.3) is 0 Å². The molecule has 16 heavy (non-hydrogen) atoms. The molecule has 0 bridgehead atoms. The first kappa shape index (κ1) is 13.0. The summed E-state index contributed by atoms with van der Waals surface area (Å²) < 4.78 is 0.764. The highest BCUT2D eigenvalue weighted by atomic mass is 79.9. The van der Waals surface area contributed by atoms with Crippen LogP contribution in [0.5, 0.6) is 0 Å². The highest BCUT2D eigenvalue weighted by Crippen LogP contribution is 2.26. The second-order valence-corrected chi connectivity index (χ2v) is 4.34. The Bertz CT molecular complexity index is 442. The Hall–Kier alpha value is -1.02. The van der Waals surface area contributed by atoms with E-state index in [1.54, 1.807) is 18.2 Å². The van der Waals surface area contributed by atoms with Crippen molar-refractivity contribution >= 4 is 33.5 Å². The summed E-state index contributed by atoms with van der Waals surface area (Å²) in [5.74, 6) is 1.31. The van der Waals surface area contributed by atoms with Gasteiger partial charge in [0.25, 0.3) is 0 Å². The lowest BCUT2D eigenvalue weighted by Gasteiger charge is -2.14. The number of hydrogen-bond donors (Lipinski definition) is 2. The van der Waals surface area contributed by atoms with E-state index in [0.717, 1.165) is 4.47 Å². The van der Waals surface area contributed by atoms with Crippen LogP contribution in [0.4, 0.5) is 0 Å². The summed E-state index contributed by atoms with van der Waals surface area (Å²) in [5, 5.41) is 12.2. The van der Waals surface area contributed by atoms with Gasteiger partial charge in [0.2, 0.25) is 0 Å². The highest BCUT2D eigenvalue weighted by Gasteiger charge is 2.21. The number of carbonyl (C=O) groups is 1. The van der Waals surface area contributed by atoms with Gasteiger partial charge in [-0.3, -0.25) is 10.1 Å². The zero-order valence-corrected chi connectivity index (χ0v) is 10.5. The van der Waals surface area contributed by atoms with Gasteiger partial charge in [0.05, 0.1) is 6.54 Å². The molecule has 1 rings (SSSR count). The lowest BCUT2D eigenvalue weighted by molar-refractivity contribution is -0.139. The van der Waals surface area contributed by atoms with Gasteiger partial charge >= 0.3 is 5.97 Å². The van der Waals surface area contributed by atoms with E-state index >= 15 is 0 Å². The zero-order chi connectivity index (χ0) is 12.1. The first-order valence-electron chi connectivity index (χ1n) is 4.41. The van der Waals surface area contributed by atoms with Crippen LogP contribution in [-0.2, 0) is 4.79 Å². The van der Waals surface area contributed by atoms with Crippen LogP contribution >= 0.6 is 27.5 Å². The molecule has 0 aliphatic heterocycles. The largest absolute Gasteiger partial charge is 0.480 e. The molecule has 3 nitrogen and oxygen atoms in total. The van der Waals surface area contributed by atoms with E-state index in [2.05, 4.69) is 27.2 Å². The van der Waals surface area contributed by atoms with Gasteiger partial charge in [-0.05, 0) is 18.2 Å². The molecule has 1 unspecified atom stereocenters. The molecule has 0 aliphatic carbocycles.